The molecule has 0 heterocycles. The Morgan fingerprint density at radius 1 is 1.13 bits per heavy atom. The van der Waals surface area contributed by atoms with Crippen LogP contribution in [-0.2, 0) is 25.7 Å². The molecule has 0 atom stereocenters. The number of rotatable bonds is 1. The van der Waals surface area contributed by atoms with Gasteiger partial charge in [0.05, 0.1) is 0 Å². The summed E-state index contributed by atoms with van der Waals surface area (Å²) in [5.74, 6) is 0.370. The summed E-state index contributed by atoms with van der Waals surface area (Å²) in [5.41, 5.74) is 6.97. The minimum atomic E-state index is 0.370. The van der Waals surface area contributed by atoms with E-state index in [2.05, 4.69) is 13.0 Å². The lowest BCUT2D eigenvalue weighted by molar-refractivity contribution is 0.0994. The zero-order chi connectivity index (χ0) is 10.4. The van der Waals surface area contributed by atoms with Gasteiger partial charge >= 0.3 is 0 Å². The number of carbonyl (C=O) groups is 1. The van der Waals surface area contributed by atoms with Gasteiger partial charge in [0.15, 0.2) is 5.78 Å². The molecule has 1 aromatic carbocycles. The predicted octanol–water partition coefficient (Wildman–Crippen LogP) is 2.87. The zero-order valence-electron chi connectivity index (χ0n) is 9.23. The fraction of sp³-hybridized carbons (Fsp3) is 0.500. The highest BCUT2D eigenvalue weighted by molar-refractivity contribution is 6.01. The number of benzene rings is 1. The molecule has 0 bridgehead atoms. The smallest absolute Gasteiger partial charge is 0.163 e. The predicted molar refractivity (Wildman–Crippen MR) is 60.5 cm³/mol. The van der Waals surface area contributed by atoms with Gasteiger partial charge in [0.25, 0.3) is 0 Å². The van der Waals surface area contributed by atoms with E-state index in [0.717, 1.165) is 24.8 Å². The maximum absolute atomic E-state index is 11.7. The summed E-state index contributed by atoms with van der Waals surface area (Å²) in [7, 11) is 0. The molecule has 0 amide bonds. The third-order valence-corrected chi connectivity index (χ3v) is 3.89. The molecule has 0 aliphatic heterocycles. The van der Waals surface area contributed by atoms with Crippen LogP contribution >= 0.6 is 0 Å². The first-order valence-corrected chi connectivity index (χ1v) is 6.01. The second kappa shape index (κ2) is 3.19. The Hall–Kier alpha value is -1.11. The first-order valence-electron chi connectivity index (χ1n) is 6.01. The number of hydrogen-bond acceptors (Lipinski definition) is 1. The van der Waals surface area contributed by atoms with Gasteiger partial charge in [-0.05, 0) is 60.4 Å². The molecular weight excluding hydrogens is 184 g/mol. The summed E-state index contributed by atoms with van der Waals surface area (Å²) in [6.45, 7) is 2.22. The minimum absolute atomic E-state index is 0.370. The summed E-state index contributed by atoms with van der Waals surface area (Å²) < 4.78 is 0. The lowest BCUT2D eigenvalue weighted by Gasteiger charge is -2.12. The molecule has 2 aliphatic carbocycles. The molecule has 0 aromatic heterocycles. The molecule has 0 unspecified atom stereocenters. The molecule has 78 valence electrons. The van der Waals surface area contributed by atoms with Gasteiger partial charge in [-0.15, -0.1) is 0 Å². The monoisotopic (exact) mass is 200 g/mol. The van der Waals surface area contributed by atoms with E-state index in [-0.39, 0.29) is 0 Å². The Bertz CT molecular complexity index is 443. The Kier molecular flexibility index (Phi) is 1.95. The van der Waals surface area contributed by atoms with Crippen molar-refractivity contribution in [1.29, 1.82) is 0 Å². The molecule has 0 saturated carbocycles. The van der Waals surface area contributed by atoms with Crippen molar-refractivity contribution in [3.05, 3.63) is 33.9 Å². The molecule has 1 heteroatoms. The van der Waals surface area contributed by atoms with Crippen LogP contribution in [0.4, 0.5) is 0 Å². The second-order valence-electron chi connectivity index (χ2n) is 4.65. The van der Waals surface area contributed by atoms with Crippen LogP contribution in [0.25, 0.3) is 0 Å². The van der Waals surface area contributed by atoms with Crippen LogP contribution in [-0.4, -0.2) is 5.78 Å². The van der Waals surface area contributed by atoms with Gasteiger partial charge in [-0.1, -0.05) is 6.92 Å². The quantitative estimate of drug-likeness (QED) is 0.681. The highest BCUT2D eigenvalue weighted by atomic mass is 16.1. The fourth-order valence-electron chi connectivity index (χ4n) is 3.21. The van der Waals surface area contributed by atoms with Crippen LogP contribution < -0.4 is 0 Å². The van der Waals surface area contributed by atoms with Crippen molar-refractivity contribution in [3.8, 4) is 0 Å². The van der Waals surface area contributed by atoms with E-state index in [1.807, 2.05) is 0 Å². The summed E-state index contributed by atoms with van der Waals surface area (Å²) in [5, 5.41) is 0. The minimum Gasteiger partial charge on any atom is -0.294 e. The standard InChI is InChI=1S/C14H16O/c1-2-10-11-5-3-4-9(11)8-13-12(10)6-7-14(13)15/h8H,2-7H2,1H3. The van der Waals surface area contributed by atoms with E-state index in [9.17, 15) is 4.79 Å². The molecule has 1 nitrogen and oxygen atoms in total. The van der Waals surface area contributed by atoms with Gasteiger partial charge in [-0.3, -0.25) is 4.79 Å². The summed E-state index contributed by atoms with van der Waals surface area (Å²) in [6, 6.07) is 2.19. The SMILES string of the molecule is CCc1c2c(cc3c1CCC3=O)CCC2. The molecule has 15 heavy (non-hydrogen) atoms. The van der Waals surface area contributed by atoms with Crippen LogP contribution in [0.5, 0.6) is 0 Å². The van der Waals surface area contributed by atoms with Crippen molar-refractivity contribution in [1.82, 2.24) is 0 Å². The molecule has 1 aromatic rings. The first kappa shape index (κ1) is 9.14. The molecule has 0 spiro atoms. The van der Waals surface area contributed by atoms with Crippen molar-refractivity contribution in [2.75, 3.05) is 0 Å². The molecule has 0 fully saturated rings. The van der Waals surface area contributed by atoms with Crippen molar-refractivity contribution in [2.24, 2.45) is 0 Å². The molecule has 2 aliphatic rings. The van der Waals surface area contributed by atoms with E-state index in [0.29, 0.717) is 5.78 Å². The van der Waals surface area contributed by atoms with Gasteiger partial charge in [0, 0.05) is 12.0 Å². The summed E-state index contributed by atoms with van der Waals surface area (Å²) >= 11 is 0. The van der Waals surface area contributed by atoms with E-state index in [1.165, 1.54) is 36.0 Å². The van der Waals surface area contributed by atoms with Gasteiger partial charge in [-0.25, -0.2) is 0 Å². The van der Waals surface area contributed by atoms with Crippen molar-refractivity contribution in [3.63, 3.8) is 0 Å². The number of fused-ring (bicyclic) bond motifs is 2. The number of carbonyl (C=O) groups excluding carboxylic acids is 1. The molecular formula is C14H16O. The third kappa shape index (κ3) is 1.19. The van der Waals surface area contributed by atoms with Crippen LogP contribution in [0, 0.1) is 0 Å². The Morgan fingerprint density at radius 2 is 2.00 bits per heavy atom. The average molecular weight is 200 g/mol. The topological polar surface area (TPSA) is 17.1 Å². The fourth-order valence-corrected chi connectivity index (χ4v) is 3.21. The van der Waals surface area contributed by atoms with E-state index >= 15 is 0 Å². The first-order chi connectivity index (χ1) is 7.31. The zero-order valence-corrected chi connectivity index (χ0v) is 9.23. The van der Waals surface area contributed by atoms with Gasteiger partial charge < -0.3 is 0 Å². The molecule has 3 rings (SSSR count). The summed E-state index contributed by atoms with van der Waals surface area (Å²) in [4.78, 5) is 11.7. The largest absolute Gasteiger partial charge is 0.294 e. The van der Waals surface area contributed by atoms with Crippen LogP contribution in [0.15, 0.2) is 6.07 Å². The second-order valence-corrected chi connectivity index (χ2v) is 4.65. The van der Waals surface area contributed by atoms with E-state index < -0.39 is 0 Å². The van der Waals surface area contributed by atoms with Crippen LogP contribution in [0.1, 0.15) is 52.4 Å². The van der Waals surface area contributed by atoms with Gasteiger partial charge in [-0.2, -0.15) is 0 Å². The Balaban J connectivity index is 2.28. The summed E-state index contributed by atoms with van der Waals surface area (Å²) in [6.07, 6.45) is 6.52. The van der Waals surface area contributed by atoms with E-state index in [1.54, 1.807) is 5.56 Å². The third-order valence-electron chi connectivity index (χ3n) is 3.89. The average Bonchev–Trinajstić information content (AvgIpc) is 2.83. The molecule has 0 radical (unpaired) electrons. The lowest BCUT2D eigenvalue weighted by atomic mass is 9.92. The Morgan fingerprint density at radius 3 is 2.80 bits per heavy atom. The molecule has 0 saturated heterocycles. The Labute approximate surface area is 90.5 Å². The maximum Gasteiger partial charge on any atom is 0.163 e. The number of hydrogen-bond donors (Lipinski definition) is 0. The van der Waals surface area contributed by atoms with Crippen molar-refractivity contribution in [2.45, 2.75) is 45.4 Å². The maximum atomic E-state index is 11.7. The van der Waals surface area contributed by atoms with Gasteiger partial charge in [0.1, 0.15) is 0 Å². The molecule has 0 N–H and O–H groups in total. The highest BCUT2D eigenvalue weighted by Crippen LogP contribution is 2.35. The number of ketones is 1. The van der Waals surface area contributed by atoms with Crippen molar-refractivity contribution >= 4 is 5.78 Å². The number of aryl methyl sites for hydroxylation is 1. The lowest BCUT2D eigenvalue weighted by Crippen LogP contribution is -2.01. The van der Waals surface area contributed by atoms with Gasteiger partial charge in [0.2, 0.25) is 0 Å². The van der Waals surface area contributed by atoms with Crippen LogP contribution in [0.3, 0.4) is 0 Å². The van der Waals surface area contributed by atoms with E-state index in [4.69, 9.17) is 0 Å². The number of Topliss-reactive ketones (excluding diaryl/α,β-unsaturated/α-hetero) is 1. The normalized spacial score (nSPS) is 18.1. The van der Waals surface area contributed by atoms with Crippen molar-refractivity contribution < 1.29 is 4.79 Å². The van der Waals surface area contributed by atoms with Crippen LogP contribution in [0.2, 0.25) is 0 Å². The highest BCUT2D eigenvalue weighted by Gasteiger charge is 2.26.